The number of hydrogen-bond acceptors (Lipinski definition) is 5. The van der Waals surface area contributed by atoms with Gasteiger partial charge in [0.15, 0.2) is 0 Å². The first-order chi connectivity index (χ1) is 17.1. The molecule has 0 spiro atoms. The first-order valence-corrected chi connectivity index (χ1v) is 12.7. The summed E-state index contributed by atoms with van der Waals surface area (Å²) in [5.41, 5.74) is 3.51. The lowest BCUT2D eigenvalue weighted by Crippen LogP contribution is -2.34. The molecule has 1 fully saturated rings. The monoisotopic (exact) mass is 478 g/mol. The van der Waals surface area contributed by atoms with E-state index in [1.807, 2.05) is 26.0 Å². The van der Waals surface area contributed by atoms with Crippen molar-refractivity contribution in [3.63, 3.8) is 0 Å². The highest BCUT2D eigenvalue weighted by atomic mass is 16.5. The van der Waals surface area contributed by atoms with Crippen LogP contribution in [0.1, 0.15) is 74.0 Å². The molecule has 1 amide bonds. The molecule has 0 bridgehead atoms. The molecule has 2 aromatic carbocycles. The number of amides is 1. The van der Waals surface area contributed by atoms with Crippen LogP contribution in [-0.4, -0.2) is 38.2 Å². The van der Waals surface area contributed by atoms with E-state index in [2.05, 4.69) is 34.5 Å². The standard InChI is InChI=1S/C29H38N2O4/c1-4-7-14-25(23-13-9-10-15-26(23)31-18-11-8-12-19-31)30-28(32)21-22-16-17-24(29(33)35-6-3)27(20-22)34-5-2/h4,7,9-10,13,15-17,20,25H,5-6,8,11-12,14,18-19,21H2,1-3H3,(H,30,32). The van der Waals surface area contributed by atoms with Crippen LogP contribution in [-0.2, 0) is 16.0 Å². The molecule has 2 aromatic rings. The van der Waals surface area contributed by atoms with Crippen LogP contribution in [0.15, 0.2) is 54.6 Å². The Labute approximate surface area is 209 Å². The van der Waals surface area contributed by atoms with E-state index in [9.17, 15) is 9.59 Å². The van der Waals surface area contributed by atoms with Crippen molar-refractivity contribution in [2.24, 2.45) is 0 Å². The summed E-state index contributed by atoms with van der Waals surface area (Å²) in [4.78, 5) is 27.8. The van der Waals surface area contributed by atoms with Gasteiger partial charge >= 0.3 is 5.97 Å². The van der Waals surface area contributed by atoms with Gasteiger partial charge in [0, 0.05) is 18.8 Å². The van der Waals surface area contributed by atoms with Gasteiger partial charge in [0.1, 0.15) is 11.3 Å². The van der Waals surface area contributed by atoms with E-state index in [-0.39, 0.29) is 18.4 Å². The third-order valence-corrected chi connectivity index (χ3v) is 6.16. The van der Waals surface area contributed by atoms with Gasteiger partial charge in [-0.05, 0) is 75.8 Å². The number of hydrogen-bond donors (Lipinski definition) is 1. The molecule has 6 nitrogen and oxygen atoms in total. The Morgan fingerprint density at radius 2 is 1.83 bits per heavy atom. The fourth-order valence-electron chi connectivity index (χ4n) is 4.50. The first-order valence-electron chi connectivity index (χ1n) is 12.7. The molecule has 0 radical (unpaired) electrons. The zero-order valence-electron chi connectivity index (χ0n) is 21.2. The van der Waals surface area contributed by atoms with Crippen molar-refractivity contribution < 1.29 is 19.1 Å². The maximum atomic E-state index is 13.2. The molecular formula is C29H38N2O4. The molecule has 1 N–H and O–H groups in total. The van der Waals surface area contributed by atoms with Crippen molar-refractivity contribution >= 4 is 17.6 Å². The highest BCUT2D eigenvalue weighted by molar-refractivity contribution is 5.93. The Morgan fingerprint density at radius 3 is 2.54 bits per heavy atom. The molecule has 0 aromatic heterocycles. The largest absolute Gasteiger partial charge is 0.493 e. The number of ether oxygens (including phenoxy) is 2. The SMILES string of the molecule is CC=CCC(NC(=O)Cc1ccc(C(=O)OCC)c(OCC)c1)c1ccccc1N1CCCCC1. The second-order valence-corrected chi connectivity index (χ2v) is 8.69. The minimum absolute atomic E-state index is 0.0701. The predicted octanol–water partition coefficient (Wildman–Crippen LogP) is 5.62. The number of anilines is 1. The minimum atomic E-state index is -0.423. The number of piperidine rings is 1. The number of carbonyl (C=O) groups is 2. The number of nitrogens with one attached hydrogen (secondary N) is 1. The summed E-state index contributed by atoms with van der Waals surface area (Å²) in [5.74, 6) is -0.0517. The van der Waals surface area contributed by atoms with Crippen LogP contribution < -0.4 is 15.0 Å². The zero-order valence-corrected chi connectivity index (χ0v) is 21.2. The number of nitrogens with zero attached hydrogens (tertiary/aromatic N) is 1. The number of para-hydroxylation sites is 1. The summed E-state index contributed by atoms with van der Waals surface area (Å²) in [5, 5.41) is 3.26. The van der Waals surface area contributed by atoms with E-state index >= 15 is 0 Å². The lowest BCUT2D eigenvalue weighted by Gasteiger charge is -2.32. The summed E-state index contributed by atoms with van der Waals surface area (Å²) >= 11 is 0. The predicted molar refractivity (Wildman–Crippen MR) is 140 cm³/mol. The van der Waals surface area contributed by atoms with E-state index < -0.39 is 5.97 Å². The van der Waals surface area contributed by atoms with Crippen molar-refractivity contribution in [2.45, 2.75) is 58.9 Å². The molecule has 1 aliphatic rings. The van der Waals surface area contributed by atoms with Crippen LogP contribution in [0.25, 0.3) is 0 Å². The summed E-state index contributed by atoms with van der Waals surface area (Å²) < 4.78 is 10.8. The maximum absolute atomic E-state index is 13.2. The van der Waals surface area contributed by atoms with Gasteiger partial charge in [-0.1, -0.05) is 36.4 Å². The highest BCUT2D eigenvalue weighted by Crippen LogP contribution is 2.31. The Balaban J connectivity index is 1.79. The fraction of sp³-hybridized carbons (Fsp3) is 0.448. The third kappa shape index (κ3) is 7.35. The lowest BCUT2D eigenvalue weighted by molar-refractivity contribution is -0.121. The van der Waals surface area contributed by atoms with Crippen LogP contribution >= 0.6 is 0 Å². The van der Waals surface area contributed by atoms with Gasteiger partial charge in [0.05, 0.1) is 25.7 Å². The molecule has 0 aliphatic carbocycles. The van der Waals surface area contributed by atoms with Gasteiger partial charge in [0.2, 0.25) is 5.91 Å². The van der Waals surface area contributed by atoms with Crippen LogP contribution in [0.3, 0.4) is 0 Å². The first kappa shape index (κ1) is 26.3. The van der Waals surface area contributed by atoms with Gasteiger partial charge < -0.3 is 19.7 Å². The van der Waals surface area contributed by atoms with E-state index in [0.717, 1.165) is 30.6 Å². The van der Waals surface area contributed by atoms with E-state index in [0.29, 0.717) is 24.5 Å². The highest BCUT2D eigenvalue weighted by Gasteiger charge is 2.22. The van der Waals surface area contributed by atoms with Crippen molar-refractivity contribution in [3.8, 4) is 5.75 Å². The molecule has 35 heavy (non-hydrogen) atoms. The van der Waals surface area contributed by atoms with Gasteiger partial charge in [0.25, 0.3) is 0 Å². The molecule has 1 atom stereocenters. The fourth-order valence-corrected chi connectivity index (χ4v) is 4.50. The van der Waals surface area contributed by atoms with Crippen molar-refractivity contribution in [1.29, 1.82) is 0 Å². The molecule has 3 rings (SSSR count). The van der Waals surface area contributed by atoms with E-state index in [4.69, 9.17) is 9.47 Å². The van der Waals surface area contributed by atoms with Gasteiger partial charge in [-0.3, -0.25) is 4.79 Å². The molecule has 1 saturated heterocycles. The summed E-state index contributed by atoms with van der Waals surface area (Å²) in [6.45, 7) is 8.44. The Morgan fingerprint density at radius 1 is 1.06 bits per heavy atom. The normalized spacial score (nSPS) is 14.5. The molecule has 0 saturated carbocycles. The average Bonchev–Trinajstić information content (AvgIpc) is 2.87. The van der Waals surface area contributed by atoms with Crippen molar-refractivity contribution in [2.75, 3.05) is 31.2 Å². The maximum Gasteiger partial charge on any atom is 0.341 e. The molecule has 1 unspecified atom stereocenters. The number of rotatable bonds is 11. The molecule has 6 heteroatoms. The van der Waals surface area contributed by atoms with Crippen molar-refractivity contribution in [1.82, 2.24) is 5.32 Å². The van der Waals surface area contributed by atoms with E-state index in [1.54, 1.807) is 25.1 Å². The average molecular weight is 479 g/mol. The third-order valence-electron chi connectivity index (χ3n) is 6.16. The number of allylic oxidation sites excluding steroid dienone is 1. The number of esters is 1. The van der Waals surface area contributed by atoms with Crippen molar-refractivity contribution in [3.05, 3.63) is 71.3 Å². The molecule has 1 heterocycles. The number of benzene rings is 2. The van der Waals surface area contributed by atoms with Crippen LogP contribution in [0.5, 0.6) is 5.75 Å². The Bertz CT molecular complexity index is 1010. The zero-order chi connectivity index (χ0) is 25.0. The Hall–Kier alpha value is -3.28. The topological polar surface area (TPSA) is 67.9 Å². The van der Waals surface area contributed by atoms with Gasteiger partial charge in [-0.15, -0.1) is 0 Å². The summed E-state index contributed by atoms with van der Waals surface area (Å²) in [7, 11) is 0. The molecular weight excluding hydrogens is 440 g/mol. The Kier molecular flexibility index (Phi) is 10.2. The van der Waals surface area contributed by atoms with Crippen LogP contribution in [0.4, 0.5) is 5.69 Å². The van der Waals surface area contributed by atoms with Gasteiger partial charge in [-0.25, -0.2) is 4.79 Å². The van der Waals surface area contributed by atoms with Crippen LogP contribution in [0.2, 0.25) is 0 Å². The molecule has 1 aliphatic heterocycles. The summed E-state index contributed by atoms with van der Waals surface area (Å²) in [6.07, 6.45) is 8.70. The summed E-state index contributed by atoms with van der Waals surface area (Å²) in [6, 6.07) is 13.5. The smallest absolute Gasteiger partial charge is 0.341 e. The minimum Gasteiger partial charge on any atom is -0.493 e. The second kappa shape index (κ2) is 13.6. The van der Waals surface area contributed by atoms with Crippen LogP contribution in [0, 0.1) is 0 Å². The molecule has 188 valence electrons. The quantitative estimate of drug-likeness (QED) is 0.335. The van der Waals surface area contributed by atoms with E-state index in [1.165, 1.54) is 24.9 Å². The number of carbonyl (C=O) groups excluding carboxylic acids is 2. The van der Waals surface area contributed by atoms with Gasteiger partial charge in [-0.2, -0.15) is 0 Å². The lowest BCUT2D eigenvalue weighted by atomic mass is 9.98. The second-order valence-electron chi connectivity index (χ2n) is 8.69.